The van der Waals surface area contributed by atoms with Gasteiger partial charge in [-0.15, -0.1) is 11.8 Å². The van der Waals surface area contributed by atoms with E-state index in [0.717, 1.165) is 0 Å². The standard InChI is InChI=1S/C9H12O3S2.Na/c1-3-7-5-4-6-8(13-2)9(7)14(10,11)12;/h4-6H,3H2,1-2H3,(H,10,11,12);/q;+1/p-1. The second kappa shape index (κ2) is 6.27. The van der Waals surface area contributed by atoms with E-state index in [-0.39, 0.29) is 34.5 Å². The molecular weight excluding hydrogens is 243 g/mol. The van der Waals surface area contributed by atoms with Crippen LogP contribution in [0.15, 0.2) is 28.0 Å². The van der Waals surface area contributed by atoms with E-state index >= 15 is 0 Å². The molecular formula is C9H11NaO3S2. The van der Waals surface area contributed by atoms with Crippen LogP contribution in [-0.2, 0) is 16.5 Å². The van der Waals surface area contributed by atoms with Gasteiger partial charge in [-0.3, -0.25) is 0 Å². The predicted octanol–water partition coefficient (Wildman–Crippen LogP) is -1.12. The second-order valence-electron chi connectivity index (χ2n) is 2.76. The molecule has 1 rings (SSSR count). The summed E-state index contributed by atoms with van der Waals surface area (Å²) in [6.45, 7) is 1.83. The van der Waals surface area contributed by atoms with Crippen LogP contribution in [0.25, 0.3) is 0 Å². The molecule has 0 aliphatic heterocycles. The van der Waals surface area contributed by atoms with E-state index in [1.165, 1.54) is 11.8 Å². The molecule has 0 saturated heterocycles. The average molecular weight is 254 g/mol. The van der Waals surface area contributed by atoms with Crippen molar-refractivity contribution in [2.45, 2.75) is 23.1 Å². The van der Waals surface area contributed by atoms with E-state index in [1.54, 1.807) is 24.5 Å². The minimum absolute atomic E-state index is 0. The van der Waals surface area contributed by atoms with Crippen molar-refractivity contribution in [3.63, 3.8) is 0 Å². The topological polar surface area (TPSA) is 57.2 Å². The SMILES string of the molecule is CCc1cccc(SC)c1S(=O)(=O)[O-].[Na+]. The van der Waals surface area contributed by atoms with Gasteiger partial charge < -0.3 is 4.55 Å². The summed E-state index contributed by atoms with van der Waals surface area (Å²) in [5, 5.41) is 0. The Balaban J connectivity index is 0.00000196. The second-order valence-corrected chi connectivity index (χ2v) is 4.92. The molecule has 1 aromatic carbocycles. The van der Waals surface area contributed by atoms with Crippen LogP contribution >= 0.6 is 11.8 Å². The van der Waals surface area contributed by atoms with Crippen LogP contribution in [0.5, 0.6) is 0 Å². The third-order valence-corrected chi connectivity index (χ3v) is 3.80. The fraction of sp³-hybridized carbons (Fsp3) is 0.333. The van der Waals surface area contributed by atoms with E-state index < -0.39 is 10.1 Å². The quantitative estimate of drug-likeness (QED) is 0.389. The first kappa shape index (κ1) is 15.5. The zero-order valence-corrected chi connectivity index (χ0v) is 12.6. The molecule has 0 radical (unpaired) electrons. The van der Waals surface area contributed by atoms with Crippen LogP contribution in [-0.4, -0.2) is 19.2 Å². The summed E-state index contributed by atoms with van der Waals surface area (Å²) < 4.78 is 33.1. The zero-order chi connectivity index (χ0) is 10.8. The van der Waals surface area contributed by atoms with Crippen molar-refractivity contribution in [3.05, 3.63) is 23.8 Å². The maximum absolute atomic E-state index is 11.0. The Hall–Kier alpha value is 0.480. The molecule has 0 spiro atoms. The molecule has 0 saturated carbocycles. The van der Waals surface area contributed by atoms with Gasteiger partial charge in [-0.2, -0.15) is 0 Å². The normalized spacial score (nSPS) is 10.9. The van der Waals surface area contributed by atoms with Gasteiger partial charge in [0.05, 0.1) is 4.90 Å². The van der Waals surface area contributed by atoms with Crippen molar-refractivity contribution >= 4 is 21.9 Å². The number of hydrogen-bond donors (Lipinski definition) is 0. The van der Waals surface area contributed by atoms with Crippen molar-refractivity contribution in [3.8, 4) is 0 Å². The Morgan fingerprint density at radius 1 is 1.40 bits per heavy atom. The molecule has 0 aliphatic carbocycles. The Bertz CT molecular complexity index is 407. The Kier molecular flexibility index (Phi) is 6.47. The molecule has 0 heterocycles. The first-order chi connectivity index (χ1) is 6.50. The molecule has 3 nitrogen and oxygen atoms in total. The van der Waals surface area contributed by atoms with Gasteiger partial charge in [0.25, 0.3) is 0 Å². The minimum atomic E-state index is -4.36. The number of hydrogen-bond acceptors (Lipinski definition) is 4. The molecule has 0 unspecified atom stereocenters. The summed E-state index contributed by atoms with van der Waals surface area (Å²) in [4.78, 5) is 0.467. The summed E-state index contributed by atoms with van der Waals surface area (Å²) in [6, 6.07) is 5.08. The van der Waals surface area contributed by atoms with E-state index in [2.05, 4.69) is 0 Å². The number of aryl methyl sites for hydroxylation is 1. The van der Waals surface area contributed by atoms with Gasteiger partial charge in [-0.1, -0.05) is 19.1 Å². The van der Waals surface area contributed by atoms with Crippen LogP contribution in [0.2, 0.25) is 0 Å². The monoisotopic (exact) mass is 254 g/mol. The van der Waals surface area contributed by atoms with Crippen LogP contribution in [0.4, 0.5) is 0 Å². The fourth-order valence-corrected chi connectivity index (χ4v) is 3.22. The van der Waals surface area contributed by atoms with Crippen LogP contribution in [0.1, 0.15) is 12.5 Å². The molecule has 0 aromatic heterocycles. The van der Waals surface area contributed by atoms with Crippen molar-refractivity contribution < 1.29 is 42.5 Å². The van der Waals surface area contributed by atoms with E-state index in [1.807, 2.05) is 6.92 Å². The minimum Gasteiger partial charge on any atom is -0.744 e. The van der Waals surface area contributed by atoms with E-state index in [4.69, 9.17) is 0 Å². The maximum atomic E-state index is 11.0. The molecule has 1 aromatic rings. The van der Waals surface area contributed by atoms with Gasteiger partial charge in [0.15, 0.2) is 0 Å². The van der Waals surface area contributed by atoms with Gasteiger partial charge in [0.1, 0.15) is 10.1 Å². The van der Waals surface area contributed by atoms with Crippen LogP contribution in [0.3, 0.4) is 0 Å². The summed E-state index contributed by atoms with van der Waals surface area (Å²) in [5.74, 6) is 0. The first-order valence-electron chi connectivity index (χ1n) is 4.12. The van der Waals surface area contributed by atoms with Gasteiger partial charge in [-0.25, -0.2) is 8.42 Å². The third kappa shape index (κ3) is 3.76. The Morgan fingerprint density at radius 3 is 2.40 bits per heavy atom. The summed E-state index contributed by atoms with van der Waals surface area (Å²) in [6.07, 6.45) is 2.30. The van der Waals surface area contributed by atoms with E-state index in [9.17, 15) is 13.0 Å². The van der Waals surface area contributed by atoms with Crippen LogP contribution < -0.4 is 29.6 Å². The molecule has 0 N–H and O–H groups in total. The van der Waals surface area contributed by atoms with Crippen molar-refractivity contribution in [1.82, 2.24) is 0 Å². The number of rotatable bonds is 3. The molecule has 0 aliphatic rings. The summed E-state index contributed by atoms with van der Waals surface area (Å²) in [7, 11) is -4.36. The van der Waals surface area contributed by atoms with Gasteiger partial charge >= 0.3 is 29.6 Å². The summed E-state index contributed by atoms with van der Waals surface area (Å²) >= 11 is 1.27. The zero-order valence-electron chi connectivity index (χ0n) is 8.98. The molecule has 6 heteroatoms. The number of benzene rings is 1. The van der Waals surface area contributed by atoms with Crippen molar-refractivity contribution in [2.24, 2.45) is 0 Å². The molecule has 0 amide bonds. The molecule has 0 bridgehead atoms. The first-order valence-corrected chi connectivity index (χ1v) is 6.75. The third-order valence-electron chi connectivity index (χ3n) is 1.91. The molecule has 15 heavy (non-hydrogen) atoms. The Labute approximate surface area is 117 Å². The number of thioether (sulfide) groups is 1. The van der Waals surface area contributed by atoms with Crippen molar-refractivity contribution in [1.29, 1.82) is 0 Å². The maximum Gasteiger partial charge on any atom is 1.00 e. The van der Waals surface area contributed by atoms with Gasteiger partial charge in [0, 0.05) is 4.90 Å². The predicted molar refractivity (Wildman–Crippen MR) is 55.6 cm³/mol. The average Bonchev–Trinajstić information content (AvgIpc) is 2.15. The largest absolute Gasteiger partial charge is 1.00 e. The van der Waals surface area contributed by atoms with Gasteiger partial charge in [-0.05, 0) is 24.3 Å². The fourth-order valence-electron chi connectivity index (χ4n) is 1.28. The van der Waals surface area contributed by atoms with Gasteiger partial charge in [0.2, 0.25) is 0 Å². The van der Waals surface area contributed by atoms with Crippen molar-refractivity contribution in [2.75, 3.05) is 6.26 Å². The van der Waals surface area contributed by atoms with E-state index in [0.29, 0.717) is 16.9 Å². The summed E-state index contributed by atoms with van der Waals surface area (Å²) in [5.41, 5.74) is 0.590. The van der Waals surface area contributed by atoms with Crippen LogP contribution in [0, 0.1) is 0 Å². The molecule has 0 atom stereocenters. The Morgan fingerprint density at radius 2 is 2.00 bits per heavy atom. The molecule has 78 valence electrons. The smallest absolute Gasteiger partial charge is 0.744 e. The molecule has 0 fully saturated rings.